The first-order valence-electron chi connectivity index (χ1n) is 6.25. The van der Waals surface area contributed by atoms with Crippen molar-refractivity contribution >= 4 is 11.8 Å². The molecule has 0 spiro atoms. The normalized spacial score (nSPS) is 10.2. The minimum absolute atomic E-state index is 0.0145. The number of furan rings is 1. The van der Waals surface area contributed by atoms with Gasteiger partial charge in [-0.1, -0.05) is 17.9 Å². The molecule has 0 atom stereocenters. The van der Waals surface area contributed by atoms with Crippen LogP contribution >= 0.6 is 11.8 Å². The quantitative estimate of drug-likeness (QED) is 0.687. The molecule has 0 saturated heterocycles. The van der Waals surface area contributed by atoms with E-state index in [4.69, 9.17) is 9.52 Å². The molecule has 4 heteroatoms. The van der Waals surface area contributed by atoms with Gasteiger partial charge in [0.1, 0.15) is 11.6 Å². The number of aliphatic hydroxyl groups excluding tert-OH is 1. The predicted molar refractivity (Wildman–Crippen MR) is 78.0 cm³/mol. The van der Waals surface area contributed by atoms with Gasteiger partial charge in [0.25, 0.3) is 0 Å². The fraction of sp³-hybridized carbons (Fsp3) is 0.250. The second-order valence-corrected chi connectivity index (χ2v) is 5.22. The number of benzene rings is 1. The van der Waals surface area contributed by atoms with E-state index in [0.717, 1.165) is 16.2 Å². The van der Waals surface area contributed by atoms with Gasteiger partial charge >= 0.3 is 0 Å². The molecule has 0 aliphatic rings. The molecule has 1 aromatic heterocycles. The topological polar surface area (TPSA) is 33.4 Å². The average molecular weight is 290 g/mol. The van der Waals surface area contributed by atoms with E-state index in [-0.39, 0.29) is 12.4 Å². The summed E-state index contributed by atoms with van der Waals surface area (Å²) in [5, 5.41) is 8.74. The molecule has 0 unspecified atom stereocenters. The highest BCUT2D eigenvalue weighted by molar-refractivity contribution is 7.98. The molecule has 0 aliphatic carbocycles. The van der Waals surface area contributed by atoms with Gasteiger partial charge in [0, 0.05) is 22.6 Å². The van der Waals surface area contributed by atoms with E-state index in [1.165, 1.54) is 12.1 Å². The molecule has 2 nitrogen and oxygen atoms in total. The first-order valence-corrected chi connectivity index (χ1v) is 7.24. The number of aryl methyl sites for hydroxylation is 1. The van der Waals surface area contributed by atoms with E-state index in [9.17, 15) is 4.39 Å². The molecule has 0 aliphatic heterocycles. The Morgan fingerprint density at radius 2 is 2.20 bits per heavy atom. The Labute approximate surface area is 122 Å². The summed E-state index contributed by atoms with van der Waals surface area (Å²) >= 11 is 1.63. The Morgan fingerprint density at radius 1 is 1.35 bits per heavy atom. The van der Waals surface area contributed by atoms with Gasteiger partial charge in [-0.3, -0.25) is 0 Å². The van der Waals surface area contributed by atoms with Gasteiger partial charge in [-0.15, -0.1) is 11.8 Å². The lowest BCUT2D eigenvalue weighted by Gasteiger charge is -2.04. The summed E-state index contributed by atoms with van der Waals surface area (Å²) in [7, 11) is 0. The number of thioether (sulfide) groups is 1. The molecule has 104 valence electrons. The van der Waals surface area contributed by atoms with E-state index >= 15 is 0 Å². The number of hydrogen-bond acceptors (Lipinski definition) is 3. The highest BCUT2D eigenvalue weighted by Crippen LogP contribution is 2.28. The van der Waals surface area contributed by atoms with Crippen molar-refractivity contribution in [2.75, 3.05) is 6.61 Å². The summed E-state index contributed by atoms with van der Waals surface area (Å²) in [4.78, 5) is 1.07. The van der Waals surface area contributed by atoms with E-state index in [1.807, 2.05) is 13.0 Å². The SMILES string of the molecule is Cc1occc1SCc1ccc(F)cc1C#CCCO. The number of halogens is 1. The van der Waals surface area contributed by atoms with Crippen molar-refractivity contribution < 1.29 is 13.9 Å². The predicted octanol–water partition coefficient (Wildman–Crippen LogP) is 3.75. The average Bonchev–Trinajstić information content (AvgIpc) is 2.84. The maximum absolute atomic E-state index is 13.3. The van der Waals surface area contributed by atoms with Crippen molar-refractivity contribution in [3.63, 3.8) is 0 Å². The third-order valence-electron chi connectivity index (χ3n) is 2.73. The number of rotatable bonds is 4. The summed E-state index contributed by atoms with van der Waals surface area (Å²) in [6, 6.07) is 6.54. The van der Waals surface area contributed by atoms with Crippen molar-refractivity contribution in [1.82, 2.24) is 0 Å². The lowest BCUT2D eigenvalue weighted by atomic mass is 10.1. The molecular weight excluding hydrogens is 275 g/mol. The Bertz CT molecular complexity index is 637. The van der Waals surface area contributed by atoms with Gasteiger partial charge in [0.15, 0.2) is 0 Å². The van der Waals surface area contributed by atoms with Gasteiger partial charge in [-0.05, 0) is 30.7 Å². The van der Waals surface area contributed by atoms with Crippen LogP contribution in [0.25, 0.3) is 0 Å². The van der Waals surface area contributed by atoms with Gasteiger partial charge < -0.3 is 9.52 Å². The molecule has 0 radical (unpaired) electrons. The van der Waals surface area contributed by atoms with Gasteiger partial charge in [-0.2, -0.15) is 0 Å². The molecule has 2 aromatic rings. The van der Waals surface area contributed by atoms with Crippen LogP contribution in [0.3, 0.4) is 0 Å². The Morgan fingerprint density at radius 3 is 2.90 bits per heavy atom. The molecule has 0 fully saturated rings. The molecule has 0 saturated carbocycles. The van der Waals surface area contributed by atoms with Crippen LogP contribution in [-0.4, -0.2) is 11.7 Å². The summed E-state index contributed by atoms with van der Waals surface area (Å²) < 4.78 is 18.5. The van der Waals surface area contributed by atoms with E-state index < -0.39 is 0 Å². The van der Waals surface area contributed by atoms with Crippen LogP contribution in [0.5, 0.6) is 0 Å². The fourth-order valence-corrected chi connectivity index (χ4v) is 2.65. The number of hydrogen-bond donors (Lipinski definition) is 1. The van der Waals surface area contributed by atoms with Crippen molar-refractivity contribution in [1.29, 1.82) is 0 Å². The van der Waals surface area contributed by atoms with E-state index in [2.05, 4.69) is 11.8 Å². The molecular formula is C16H15FO2S. The Hall–Kier alpha value is -1.70. The van der Waals surface area contributed by atoms with Gasteiger partial charge in [-0.25, -0.2) is 4.39 Å². The zero-order valence-electron chi connectivity index (χ0n) is 11.1. The van der Waals surface area contributed by atoms with Crippen LogP contribution in [0.4, 0.5) is 4.39 Å². The van der Waals surface area contributed by atoms with Crippen molar-refractivity contribution in [3.8, 4) is 11.8 Å². The molecule has 1 aromatic carbocycles. The molecule has 20 heavy (non-hydrogen) atoms. The minimum Gasteiger partial charge on any atom is -0.468 e. The third kappa shape index (κ3) is 3.89. The molecule has 0 amide bonds. The summed E-state index contributed by atoms with van der Waals surface area (Å²) in [6.45, 7) is 1.93. The Kier molecular flexibility index (Phi) is 5.28. The van der Waals surface area contributed by atoms with E-state index in [0.29, 0.717) is 17.7 Å². The molecule has 1 N–H and O–H groups in total. The van der Waals surface area contributed by atoms with Crippen LogP contribution in [0.2, 0.25) is 0 Å². The number of aliphatic hydroxyl groups is 1. The van der Waals surface area contributed by atoms with Gasteiger partial charge in [0.05, 0.1) is 12.9 Å². The summed E-state index contributed by atoms with van der Waals surface area (Å²) in [5.74, 6) is 7.02. The lowest BCUT2D eigenvalue weighted by Crippen LogP contribution is -1.90. The summed E-state index contributed by atoms with van der Waals surface area (Å²) in [5.41, 5.74) is 1.65. The molecule has 2 rings (SSSR count). The van der Waals surface area contributed by atoms with Crippen molar-refractivity contribution in [2.45, 2.75) is 24.0 Å². The highest BCUT2D eigenvalue weighted by atomic mass is 32.2. The van der Waals surface area contributed by atoms with E-state index in [1.54, 1.807) is 24.1 Å². The van der Waals surface area contributed by atoms with Crippen LogP contribution in [0, 0.1) is 24.6 Å². The first-order chi connectivity index (χ1) is 9.70. The highest BCUT2D eigenvalue weighted by Gasteiger charge is 2.06. The molecule has 1 heterocycles. The smallest absolute Gasteiger partial charge is 0.124 e. The first kappa shape index (κ1) is 14.7. The van der Waals surface area contributed by atoms with Crippen LogP contribution in [0.15, 0.2) is 39.8 Å². The van der Waals surface area contributed by atoms with Crippen molar-refractivity contribution in [2.24, 2.45) is 0 Å². The van der Waals surface area contributed by atoms with Crippen LogP contribution in [0.1, 0.15) is 23.3 Å². The summed E-state index contributed by atoms with van der Waals surface area (Å²) in [6.07, 6.45) is 2.05. The maximum atomic E-state index is 13.3. The Balaban J connectivity index is 2.15. The zero-order chi connectivity index (χ0) is 14.4. The van der Waals surface area contributed by atoms with Crippen molar-refractivity contribution in [3.05, 3.63) is 53.2 Å². The lowest BCUT2D eigenvalue weighted by molar-refractivity contribution is 0.305. The van der Waals surface area contributed by atoms with Crippen LogP contribution in [-0.2, 0) is 5.75 Å². The fourth-order valence-electron chi connectivity index (χ4n) is 1.68. The third-order valence-corrected chi connectivity index (χ3v) is 3.92. The second kappa shape index (κ2) is 7.18. The van der Waals surface area contributed by atoms with Crippen LogP contribution < -0.4 is 0 Å². The minimum atomic E-state index is -0.299. The standard InChI is InChI=1S/C16H15FO2S/c1-12-16(7-9-19-12)20-11-14-5-6-15(17)10-13(14)4-2-3-8-18/h5-7,9-10,18H,3,8,11H2,1H3. The van der Waals surface area contributed by atoms with Gasteiger partial charge in [0.2, 0.25) is 0 Å². The molecule has 0 bridgehead atoms. The second-order valence-electron chi connectivity index (χ2n) is 4.21. The largest absolute Gasteiger partial charge is 0.468 e. The monoisotopic (exact) mass is 290 g/mol. The zero-order valence-corrected chi connectivity index (χ0v) is 12.0. The maximum Gasteiger partial charge on any atom is 0.124 e.